The van der Waals surface area contributed by atoms with Crippen molar-refractivity contribution < 1.29 is 18.3 Å². The van der Waals surface area contributed by atoms with Gasteiger partial charge in [0.2, 0.25) is 10.0 Å². The van der Waals surface area contributed by atoms with Crippen molar-refractivity contribution in [1.29, 1.82) is 0 Å². The summed E-state index contributed by atoms with van der Waals surface area (Å²) >= 11 is 0. The van der Waals surface area contributed by atoms with Crippen LogP contribution in [0.15, 0.2) is 0 Å². The average Bonchev–Trinajstić information content (AvgIpc) is 2.13. The molecule has 1 heterocycles. The van der Waals surface area contributed by atoms with Gasteiger partial charge in [-0.15, -0.1) is 0 Å². The maximum atomic E-state index is 12.2. The first kappa shape index (κ1) is 15.4. The molecule has 1 unspecified atom stereocenters. The summed E-state index contributed by atoms with van der Waals surface area (Å²) in [6.45, 7) is 7.73. The molecule has 5 nitrogen and oxygen atoms in total. The molecular formula is C12H23NO4S. The van der Waals surface area contributed by atoms with Gasteiger partial charge in [-0.3, -0.25) is 4.79 Å². The van der Waals surface area contributed by atoms with Crippen molar-refractivity contribution in [2.75, 3.05) is 18.8 Å². The predicted molar refractivity (Wildman–Crippen MR) is 69.8 cm³/mol. The number of carbonyl (C=O) groups is 1. The number of rotatable bonds is 3. The number of piperidine rings is 1. The minimum absolute atomic E-state index is 0.0513. The SMILES string of the molecule is CC(C)(C)CS(=O)(=O)N1CCCC(C)(C(=O)O)C1. The van der Waals surface area contributed by atoms with Gasteiger partial charge in [0.25, 0.3) is 0 Å². The minimum Gasteiger partial charge on any atom is -0.481 e. The molecule has 6 heteroatoms. The van der Waals surface area contributed by atoms with Gasteiger partial charge in [0.05, 0.1) is 11.2 Å². The van der Waals surface area contributed by atoms with Gasteiger partial charge in [-0.25, -0.2) is 12.7 Å². The van der Waals surface area contributed by atoms with Gasteiger partial charge in [0, 0.05) is 13.1 Å². The molecule has 0 radical (unpaired) electrons. The first-order valence-electron chi connectivity index (χ1n) is 6.18. The third-order valence-electron chi connectivity index (χ3n) is 3.19. The van der Waals surface area contributed by atoms with Gasteiger partial charge in [-0.1, -0.05) is 20.8 Å². The van der Waals surface area contributed by atoms with Crippen molar-refractivity contribution in [3.8, 4) is 0 Å². The quantitative estimate of drug-likeness (QED) is 0.849. The molecule has 0 aromatic heterocycles. The molecule has 18 heavy (non-hydrogen) atoms. The topological polar surface area (TPSA) is 74.7 Å². The standard InChI is InChI=1S/C12H23NO4S/c1-11(2,3)9-18(16,17)13-7-5-6-12(4,8-13)10(14)15/h5-9H2,1-4H3,(H,14,15). The molecule has 1 rings (SSSR count). The fourth-order valence-electron chi connectivity index (χ4n) is 2.24. The smallest absolute Gasteiger partial charge is 0.310 e. The fourth-order valence-corrected chi connectivity index (χ4v) is 4.41. The normalized spacial score (nSPS) is 27.1. The van der Waals surface area contributed by atoms with E-state index in [1.165, 1.54) is 4.31 Å². The van der Waals surface area contributed by atoms with Gasteiger partial charge in [0.1, 0.15) is 0 Å². The first-order chi connectivity index (χ1) is 7.96. The van der Waals surface area contributed by atoms with Crippen LogP contribution in [0.25, 0.3) is 0 Å². The molecule has 0 bridgehead atoms. The highest BCUT2D eigenvalue weighted by atomic mass is 32.2. The number of sulfonamides is 1. The van der Waals surface area contributed by atoms with Crippen molar-refractivity contribution in [3.05, 3.63) is 0 Å². The molecule has 106 valence electrons. The third kappa shape index (κ3) is 3.68. The van der Waals surface area contributed by atoms with Crippen molar-refractivity contribution in [2.45, 2.75) is 40.5 Å². The molecule has 1 aliphatic rings. The maximum absolute atomic E-state index is 12.2. The lowest BCUT2D eigenvalue weighted by Crippen LogP contribution is -2.49. The Labute approximate surface area is 109 Å². The summed E-state index contributed by atoms with van der Waals surface area (Å²) in [5.41, 5.74) is -1.28. The molecule has 0 aliphatic carbocycles. The summed E-state index contributed by atoms with van der Waals surface area (Å²) in [6.07, 6.45) is 1.13. The Morgan fingerprint density at radius 1 is 1.39 bits per heavy atom. The fraction of sp³-hybridized carbons (Fsp3) is 0.917. The van der Waals surface area contributed by atoms with Gasteiger partial charge in [-0.05, 0) is 25.2 Å². The lowest BCUT2D eigenvalue weighted by atomic mass is 9.83. The second-order valence-electron chi connectivity index (χ2n) is 6.62. The van der Waals surface area contributed by atoms with E-state index in [-0.39, 0.29) is 17.7 Å². The van der Waals surface area contributed by atoms with Crippen LogP contribution in [0.3, 0.4) is 0 Å². The highest BCUT2D eigenvalue weighted by Gasteiger charge is 2.42. The summed E-state index contributed by atoms with van der Waals surface area (Å²) in [7, 11) is -3.38. The molecule has 1 aliphatic heterocycles. The first-order valence-corrected chi connectivity index (χ1v) is 7.78. The van der Waals surface area contributed by atoms with E-state index in [1.807, 2.05) is 20.8 Å². The summed E-state index contributed by atoms with van der Waals surface area (Å²) in [5.74, 6) is -0.867. The van der Waals surface area contributed by atoms with E-state index < -0.39 is 21.4 Å². The Kier molecular flexibility index (Phi) is 4.13. The Balaban J connectivity index is 2.88. The zero-order valence-corrected chi connectivity index (χ0v) is 12.4. The Morgan fingerprint density at radius 3 is 2.39 bits per heavy atom. The zero-order chi connectivity index (χ0) is 14.2. The number of hydrogen-bond acceptors (Lipinski definition) is 3. The van der Waals surface area contributed by atoms with Gasteiger partial charge >= 0.3 is 5.97 Å². The maximum Gasteiger partial charge on any atom is 0.310 e. The zero-order valence-electron chi connectivity index (χ0n) is 11.6. The molecule has 0 aromatic carbocycles. The third-order valence-corrected chi connectivity index (χ3v) is 5.52. The summed E-state index contributed by atoms with van der Waals surface area (Å²) < 4.78 is 25.8. The molecular weight excluding hydrogens is 254 g/mol. The van der Waals surface area contributed by atoms with Crippen LogP contribution in [-0.2, 0) is 14.8 Å². The van der Waals surface area contributed by atoms with Crippen molar-refractivity contribution in [1.82, 2.24) is 4.31 Å². The second kappa shape index (κ2) is 4.81. The second-order valence-corrected chi connectivity index (χ2v) is 8.59. The van der Waals surface area contributed by atoms with Crippen LogP contribution in [0, 0.1) is 10.8 Å². The van der Waals surface area contributed by atoms with E-state index in [2.05, 4.69) is 0 Å². The highest BCUT2D eigenvalue weighted by molar-refractivity contribution is 7.89. The van der Waals surface area contributed by atoms with Gasteiger partial charge in [0.15, 0.2) is 0 Å². The summed E-state index contributed by atoms with van der Waals surface area (Å²) in [4.78, 5) is 11.2. The van der Waals surface area contributed by atoms with Crippen LogP contribution in [0.4, 0.5) is 0 Å². The van der Waals surface area contributed by atoms with Crippen LogP contribution in [0.5, 0.6) is 0 Å². The Bertz CT molecular complexity index is 424. The van der Waals surface area contributed by atoms with Crippen LogP contribution in [-0.4, -0.2) is 42.6 Å². The highest BCUT2D eigenvalue weighted by Crippen LogP contribution is 2.32. The van der Waals surface area contributed by atoms with E-state index in [1.54, 1.807) is 6.92 Å². The molecule has 1 atom stereocenters. The molecule has 0 amide bonds. The van der Waals surface area contributed by atoms with E-state index in [9.17, 15) is 18.3 Å². The van der Waals surface area contributed by atoms with Gasteiger partial charge < -0.3 is 5.11 Å². The van der Waals surface area contributed by atoms with E-state index in [4.69, 9.17) is 0 Å². The monoisotopic (exact) mass is 277 g/mol. The lowest BCUT2D eigenvalue weighted by molar-refractivity contribution is -0.150. The van der Waals surface area contributed by atoms with Crippen LogP contribution >= 0.6 is 0 Å². The molecule has 1 N–H and O–H groups in total. The largest absolute Gasteiger partial charge is 0.481 e. The molecule has 0 saturated carbocycles. The van der Waals surface area contributed by atoms with Crippen LogP contribution in [0.2, 0.25) is 0 Å². The van der Waals surface area contributed by atoms with Crippen LogP contribution < -0.4 is 0 Å². The lowest BCUT2D eigenvalue weighted by Gasteiger charge is -2.37. The Morgan fingerprint density at radius 2 is 1.94 bits per heavy atom. The number of carboxylic acid groups (broad SMARTS) is 1. The average molecular weight is 277 g/mol. The summed E-state index contributed by atoms with van der Waals surface area (Å²) in [6, 6.07) is 0. The molecule has 0 aromatic rings. The number of hydrogen-bond donors (Lipinski definition) is 1. The van der Waals surface area contributed by atoms with E-state index >= 15 is 0 Å². The van der Waals surface area contributed by atoms with Crippen molar-refractivity contribution in [2.24, 2.45) is 10.8 Å². The number of carboxylic acids is 1. The number of aliphatic carboxylic acids is 1. The molecule has 1 saturated heterocycles. The van der Waals surface area contributed by atoms with Crippen LogP contribution in [0.1, 0.15) is 40.5 Å². The van der Waals surface area contributed by atoms with Crippen molar-refractivity contribution in [3.63, 3.8) is 0 Å². The molecule has 0 spiro atoms. The van der Waals surface area contributed by atoms with Gasteiger partial charge in [-0.2, -0.15) is 0 Å². The minimum atomic E-state index is -3.38. The Hall–Kier alpha value is -0.620. The van der Waals surface area contributed by atoms with E-state index in [0.29, 0.717) is 19.4 Å². The molecule has 1 fully saturated rings. The van der Waals surface area contributed by atoms with E-state index in [0.717, 1.165) is 0 Å². The summed E-state index contributed by atoms with van der Waals surface area (Å²) in [5, 5.41) is 9.19. The number of nitrogens with zero attached hydrogens (tertiary/aromatic N) is 1. The van der Waals surface area contributed by atoms with Crippen molar-refractivity contribution >= 4 is 16.0 Å². The predicted octanol–water partition coefficient (Wildman–Crippen LogP) is 1.55.